The monoisotopic (exact) mass is 342 g/mol. The highest BCUT2D eigenvalue weighted by Gasteiger charge is 2.24. The van der Waals surface area contributed by atoms with Crippen LogP contribution in [-0.2, 0) is 4.79 Å². The fraction of sp³-hybridized carbons (Fsp3) is 0.0556. The summed E-state index contributed by atoms with van der Waals surface area (Å²) in [6.07, 6.45) is 1.62. The van der Waals surface area contributed by atoms with Crippen LogP contribution in [0.1, 0.15) is 22.0 Å². The third kappa shape index (κ3) is 3.45. The van der Waals surface area contributed by atoms with Crippen LogP contribution in [0.2, 0.25) is 0 Å². The molecule has 0 spiro atoms. The average molecular weight is 342 g/mol. The lowest BCUT2D eigenvalue weighted by Crippen LogP contribution is -2.33. The molecule has 0 aliphatic heterocycles. The number of nitrogens with one attached hydrogen (secondary N) is 1. The number of rotatable bonds is 4. The van der Waals surface area contributed by atoms with E-state index in [2.05, 4.69) is 10.3 Å². The molecule has 3 aromatic rings. The van der Waals surface area contributed by atoms with E-state index in [1.54, 1.807) is 30.5 Å². The molecule has 1 atom stereocenters. The van der Waals surface area contributed by atoms with Crippen LogP contribution in [0.25, 0.3) is 10.9 Å². The van der Waals surface area contributed by atoms with Crippen molar-refractivity contribution in [3.63, 3.8) is 0 Å². The molecule has 5 nitrogen and oxygen atoms in total. The van der Waals surface area contributed by atoms with E-state index in [9.17, 15) is 23.5 Å². The standard InChI is InChI=1S/C18H12F2N2O3/c19-13-5-3-11(9-14(13)20)16(18(24)25)22-17(23)12-4-6-15-10(8-12)2-1-7-21-15/h1-9,16H,(H,22,23)(H,24,25)/t16-/m0/s1. The Bertz CT molecular complexity index is 975. The van der Waals surface area contributed by atoms with E-state index >= 15 is 0 Å². The van der Waals surface area contributed by atoms with E-state index in [-0.39, 0.29) is 11.1 Å². The molecule has 25 heavy (non-hydrogen) atoms. The van der Waals surface area contributed by atoms with Gasteiger partial charge >= 0.3 is 5.97 Å². The van der Waals surface area contributed by atoms with Gasteiger partial charge in [-0.2, -0.15) is 0 Å². The van der Waals surface area contributed by atoms with Crippen LogP contribution >= 0.6 is 0 Å². The number of carboxylic acids is 1. The molecule has 0 saturated carbocycles. The molecule has 0 bridgehead atoms. The molecule has 7 heteroatoms. The second-order valence-electron chi connectivity index (χ2n) is 5.33. The molecular formula is C18H12F2N2O3. The number of amides is 1. The van der Waals surface area contributed by atoms with Crippen LogP contribution < -0.4 is 5.32 Å². The summed E-state index contributed by atoms with van der Waals surface area (Å²) in [6, 6.07) is 9.37. The number of aromatic nitrogens is 1. The maximum absolute atomic E-state index is 13.4. The molecule has 0 radical (unpaired) electrons. The normalized spacial score (nSPS) is 11.9. The van der Waals surface area contributed by atoms with Crippen molar-refractivity contribution in [2.45, 2.75) is 6.04 Å². The minimum absolute atomic E-state index is 0.0674. The highest BCUT2D eigenvalue weighted by Crippen LogP contribution is 2.19. The lowest BCUT2D eigenvalue weighted by atomic mass is 10.1. The van der Waals surface area contributed by atoms with Gasteiger partial charge in [-0.1, -0.05) is 12.1 Å². The summed E-state index contributed by atoms with van der Waals surface area (Å²) < 4.78 is 26.4. The van der Waals surface area contributed by atoms with Crippen LogP contribution in [0.4, 0.5) is 8.78 Å². The summed E-state index contributed by atoms with van der Waals surface area (Å²) >= 11 is 0. The number of aliphatic carboxylic acids is 1. The van der Waals surface area contributed by atoms with E-state index < -0.39 is 29.6 Å². The molecule has 126 valence electrons. The van der Waals surface area contributed by atoms with Crippen molar-refractivity contribution in [3.8, 4) is 0 Å². The predicted molar refractivity (Wildman–Crippen MR) is 85.9 cm³/mol. The number of halogens is 2. The minimum Gasteiger partial charge on any atom is -0.479 e. The van der Waals surface area contributed by atoms with Gasteiger partial charge in [0.25, 0.3) is 5.91 Å². The molecular weight excluding hydrogens is 330 g/mol. The molecule has 1 amide bonds. The Morgan fingerprint density at radius 2 is 1.84 bits per heavy atom. The molecule has 0 unspecified atom stereocenters. The maximum atomic E-state index is 13.4. The van der Waals surface area contributed by atoms with Crippen molar-refractivity contribution >= 4 is 22.8 Å². The second kappa shape index (κ2) is 6.64. The lowest BCUT2D eigenvalue weighted by Gasteiger charge is -2.15. The zero-order valence-corrected chi connectivity index (χ0v) is 12.7. The molecule has 0 aliphatic carbocycles. The number of carboxylic acid groups (broad SMARTS) is 1. The zero-order valence-electron chi connectivity index (χ0n) is 12.7. The Balaban J connectivity index is 1.89. The van der Waals surface area contributed by atoms with Gasteiger partial charge in [-0.3, -0.25) is 9.78 Å². The number of benzene rings is 2. The molecule has 0 aliphatic rings. The van der Waals surface area contributed by atoms with E-state index in [0.717, 1.165) is 23.6 Å². The van der Waals surface area contributed by atoms with Gasteiger partial charge in [-0.05, 0) is 42.0 Å². The van der Waals surface area contributed by atoms with Crippen molar-refractivity contribution in [1.82, 2.24) is 10.3 Å². The van der Waals surface area contributed by atoms with Crippen molar-refractivity contribution in [2.75, 3.05) is 0 Å². The molecule has 1 aromatic heterocycles. The van der Waals surface area contributed by atoms with Crippen LogP contribution in [0.15, 0.2) is 54.7 Å². The second-order valence-corrected chi connectivity index (χ2v) is 5.33. The largest absolute Gasteiger partial charge is 0.479 e. The maximum Gasteiger partial charge on any atom is 0.330 e. The van der Waals surface area contributed by atoms with E-state index in [4.69, 9.17) is 0 Å². The molecule has 2 N–H and O–H groups in total. The summed E-state index contributed by atoms with van der Waals surface area (Å²) in [4.78, 5) is 27.9. The number of pyridine rings is 1. The molecule has 3 rings (SSSR count). The lowest BCUT2D eigenvalue weighted by molar-refractivity contribution is -0.139. The average Bonchev–Trinajstić information content (AvgIpc) is 2.61. The highest BCUT2D eigenvalue weighted by atomic mass is 19.2. The van der Waals surface area contributed by atoms with E-state index in [1.807, 2.05) is 0 Å². The molecule has 1 heterocycles. The number of nitrogens with zero attached hydrogens (tertiary/aromatic N) is 1. The Morgan fingerprint density at radius 3 is 2.56 bits per heavy atom. The summed E-state index contributed by atoms with van der Waals surface area (Å²) in [5, 5.41) is 12.3. The topological polar surface area (TPSA) is 79.3 Å². The highest BCUT2D eigenvalue weighted by molar-refractivity contribution is 5.99. The van der Waals surface area contributed by atoms with Crippen LogP contribution in [0.5, 0.6) is 0 Å². The predicted octanol–water partition coefficient (Wildman–Crippen LogP) is 3.07. The van der Waals surface area contributed by atoms with Crippen molar-refractivity contribution < 1.29 is 23.5 Å². The van der Waals surface area contributed by atoms with E-state index in [1.165, 1.54) is 6.07 Å². The Labute approximate surface area is 140 Å². The van der Waals surface area contributed by atoms with Gasteiger partial charge in [0.15, 0.2) is 17.7 Å². The van der Waals surface area contributed by atoms with E-state index in [0.29, 0.717) is 5.52 Å². The van der Waals surface area contributed by atoms with Gasteiger partial charge in [0.1, 0.15) is 0 Å². The fourth-order valence-electron chi connectivity index (χ4n) is 2.41. The number of carbonyl (C=O) groups excluding carboxylic acids is 1. The zero-order chi connectivity index (χ0) is 18.0. The van der Waals surface area contributed by atoms with Crippen molar-refractivity contribution in [2.24, 2.45) is 0 Å². The van der Waals surface area contributed by atoms with Crippen LogP contribution in [0, 0.1) is 11.6 Å². The van der Waals surface area contributed by atoms with Gasteiger partial charge in [-0.25, -0.2) is 13.6 Å². The third-order valence-corrected chi connectivity index (χ3v) is 3.66. The Morgan fingerprint density at radius 1 is 1.04 bits per heavy atom. The van der Waals surface area contributed by atoms with Gasteiger partial charge in [-0.15, -0.1) is 0 Å². The molecule has 2 aromatic carbocycles. The van der Waals surface area contributed by atoms with Crippen molar-refractivity contribution in [1.29, 1.82) is 0 Å². The summed E-state index contributed by atoms with van der Waals surface area (Å²) in [5.41, 5.74) is 0.853. The Kier molecular flexibility index (Phi) is 4.38. The van der Waals surface area contributed by atoms with Crippen LogP contribution in [-0.4, -0.2) is 22.0 Å². The summed E-state index contributed by atoms with van der Waals surface area (Å²) in [5.74, 6) is -4.32. The SMILES string of the molecule is O=C(N[C@H](C(=O)O)c1ccc(F)c(F)c1)c1ccc2ncccc2c1. The van der Waals surface area contributed by atoms with Crippen molar-refractivity contribution in [3.05, 3.63) is 77.5 Å². The summed E-state index contributed by atoms with van der Waals surface area (Å²) in [7, 11) is 0. The first-order valence-corrected chi connectivity index (χ1v) is 7.29. The number of fused-ring (bicyclic) bond motifs is 1. The first-order chi connectivity index (χ1) is 12.0. The smallest absolute Gasteiger partial charge is 0.330 e. The number of carbonyl (C=O) groups is 2. The number of hydrogen-bond acceptors (Lipinski definition) is 3. The number of hydrogen-bond donors (Lipinski definition) is 2. The van der Waals surface area contributed by atoms with Gasteiger partial charge in [0.2, 0.25) is 0 Å². The van der Waals surface area contributed by atoms with Crippen LogP contribution in [0.3, 0.4) is 0 Å². The minimum atomic E-state index is -1.51. The fourth-order valence-corrected chi connectivity index (χ4v) is 2.41. The molecule has 0 saturated heterocycles. The van der Waals surface area contributed by atoms with Gasteiger partial charge in [0.05, 0.1) is 5.52 Å². The van der Waals surface area contributed by atoms with Gasteiger partial charge < -0.3 is 10.4 Å². The first-order valence-electron chi connectivity index (χ1n) is 7.29. The Hall–Kier alpha value is -3.35. The third-order valence-electron chi connectivity index (χ3n) is 3.66. The first kappa shape index (κ1) is 16.5. The molecule has 0 fully saturated rings. The van der Waals surface area contributed by atoms with Gasteiger partial charge in [0, 0.05) is 17.1 Å². The quantitative estimate of drug-likeness (QED) is 0.764. The summed E-state index contributed by atoms with van der Waals surface area (Å²) in [6.45, 7) is 0.